The summed E-state index contributed by atoms with van der Waals surface area (Å²) in [5.41, 5.74) is 0.288. The highest BCUT2D eigenvalue weighted by Crippen LogP contribution is 2.37. The van der Waals surface area contributed by atoms with E-state index in [0.29, 0.717) is 11.6 Å². The van der Waals surface area contributed by atoms with Gasteiger partial charge in [0.15, 0.2) is 0 Å². The van der Waals surface area contributed by atoms with Crippen molar-refractivity contribution in [3.63, 3.8) is 0 Å². The highest BCUT2D eigenvalue weighted by Gasteiger charge is 2.52. The molecule has 0 atom stereocenters. The van der Waals surface area contributed by atoms with Gasteiger partial charge in [0, 0.05) is 17.0 Å². The van der Waals surface area contributed by atoms with Crippen molar-refractivity contribution in [2.45, 2.75) is 71.8 Å². The van der Waals surface area contributed by atoms with E-state index in [1.165, 1.54) is 0 Å². The molecule has 1 amide bonds. The first-order valence-electron chi connectivity index (χ1n) is 8.41. The van der Waals surface area contributed by atoms with Gasteiger partial charge in [0.1, 0.15) is 5.60 Å². The lowest BCUT2D eigenvalue weighted by molar-refractivity contribution is 0.00578. The smallest absolute Gasteiger partial charge is 0.444 e. The number of benzene rings is 1. The van der Waals surface area contributed by atoms with E-state index in [0.717, 1.165) is 11.0 Å². The Labute approximate surface area is 155 Å². The molecule has 0 unspecified atom stereocenters. The summed E-state index contributed by atoms with van der Waals surface area (Å²) >= 11 is 6.41. The number of rotatable bonds is 3. The average Bonchev–Trinajstić information content (AvgIpc) is 2.63. The second-order valence-corrected chi connectivity index (χ2v) is 8.71. The van der Waals surface area contributed by atoms with Crippen molar-refractivity contribution >= 4 is 30.3 Å². The summed E-state index contributed by atoms with van der Waals surface area (Å²) in [6, 6.07) is 5.57. The Morgan fingerprint density at radius 3 is 2.24 bits per heavy atom. The maximum Gasteiger partial charge on any atom is 0.496 e. The number of hydrogen-bond donors (Lipinski definition) is 1. The summed E-state index contributed by atoms with van der Waals surface area (Å²) in [6.45, 7) is 13.8. The summed E-state index contributed by atoms with van der Waals surface area (Å²) in [7, 11) is -0.509. The fourth-order valence-electron chi connectivity index (χ4n) is 2.33. The van der Waals surface area contributed by atoms with Crippen molar-refractivity contribution in [2.24, 2.45) is 0 Å². The molecule has 2 rings (SSSR count). The molecule has 138 valence electrons. The number of amides is 1. The topological polar surface area (TPSA) is 56.8 Å². The molecule has 0 aliphatic carbocycles. The van der Waals surface area contributed by atoms with E-state index < -0.39 is 30.0 Å². The minimum Gasteiger partial charge on any atom is -0.444 e. The molecule has 1 aliphatic rings. The van der Waals surface area contributed by atoms with Crippen molar-refractivity contribution in [1.29, 1.82) is 0 Å². The molecule has 1 aromatic carbocycles. The molecule has 0 saturated carbocycles. The Morgan fingerprint density at radius 2 is 1.76 bits per heavy atom. The van der Waals surface area contributed by atoms with Gasteiger partial charge >= 0.3 is 13.2 Å². The molecule has 1 saturated heterocycles. The van der Waals surface area contributed by atoms with Gasteiger partial charge in [-0.15, -0.1) is 0 Å². The van der Waals surface area contributed by atoms with Crippen LogP contribution in [0.2, 0.25) is 5.02 Å². The van der Waals surface area contributed by atoms with Gasteiger partial charge in [-0.3, -0.25) is 0 Å². The molecule has 5 nitrogen and oxygen atoms in total. The Balaban J connectivity index is 2.03. The lowest BCUT2D eigenvalue weighted by atomic mass is 9.78. The van der Waals surface area contributed by atoms with Crippen molar-refractivity contribution < 1.29 is 18.8 Å². The zero-order chi connectivity index (χ0) is 19.0. The van der Waals surface area contributed by atoms with Gasteiger partial charge in [0.2, 0.25) is 0 Å². The number of hydrogen-bond acceptors (Lipinski definition) is 4. The predicted molar refractivity (Wildman–Crippen MR) is 100 cm³/mol. The summed E-state index contributed by atoms with van der Waals surface area (Å²) < 4.78 is 17.3. The van der Waals surface area contributed by atoms with Crippen LogP contribution in [0.25, 0.3) is 0 Å². The predicted octanol–water partition coefficient (Wildman–Crippen LogP) is 3.66. The maximum absolute atomic E-state index is 11.7. The quantitative estimate of drug-likeness (QED) is 0.828. The Morgan fingerprint density at radius 1 is 1.20 bits per heavy atom. The third kappa shape index (κ3) is 4.90. The summed E-state index contributed by atoms with van der Waals surface area (Å²) in [6.07, 6.45) is -0.460. The highest BCUT2D eigenvalue weighted by atomic mass is 35.5. The molecule has 0 aromatic heterocycles. The molecule has 7 heteroatoms. The highest BCUT2D eigenvalue weighted by molar-refractivity contribution is 6.65. The first kappa shape index (κ1) is 20.1. The van der Waals surface area contributed by atoms with Gasteiger partial charge in [0.25, 0.3) is 0 Å². The van der Waals surface area contributed by atoms with E-state index in [9.17, 15) is 4.79 Å². The van der Waals surface area contributed by atoms with Crippen LogP contribution in [0.3, 0.4) is 0 Å². The Kier molecular flexibility index (Phi) is 5.48. The van der Waals surface area contributed by atoms with Crippen LogP contribution < -0.4 is 10.8 Å². The van der Waals surface area contributed by atoms with E-state index in [1.807, 2.05) is 60.6 Å². The van der Waals surface area contributed by atoms with E-state index >= 15 is 0 Å². The fraction of sp³-hybridized carbons (Fsp3) is 0.611. The zero-order valence-corrected chi connectivity index (χ0v) is 16.8. The number of ether oxygens (including phenoxy) is 1. The first-order chi connectivity index (χ1) is 11.3. The van der Waals surface area contributed by atoms with Crippen molar-refractivity contribution in [3.05, 3.63) is 28.8 Å². The molecule has 1 N–H and O–H groups in total. The molecule has 0 bridgehead atoms. The normalized spacial score (nSPS) is 19.0. The van der Waals surface area contributed by atoms with Crippen LogP contribution in [-0.2, 0) is 20.6 Å². The summed E-state index contributed by atoms with van der Waals surface area (Å²) in [4.78, 5) is 11.7. The zero-order valence-electron chi connectivity index (χ0n) is 16.0. The van der Waals surface area contributed by atoms with Crippen LogP contribution in [0.4, 0.5) is 4.79 Å². The number of alkyl carbamates (subject to hydrolysis) is 1. The second-order valence-electron chi connectivity index (χ2n) is 8.30. The molecule has 0 spiro atoms. The first-order valence-corrected chi connectivity index (χ1v) is 8.79. The number of halogens is 1. The largest absolute Gasteiger partial charge is 0.496 e. The average molecular weight is 368 g/mol. The van der Waals surface area contributed by atoms with Gasteiger partial charge in [-0.05, 0) is 60.1 Å². The van der Waals surface area contributed by atoms with Crippen LogP contribution in [0, 0.1) is 0 Å². The maximum atomic E-state index is 11.7. The molecule has 0 radical (unpaired) electrons. The second kappa shape index (κ2) is 6.82. The van der Waals surface area contributed by atoms with E-state index in [2.05, 4.69) is 5.32 Å². The van der Waals surface area contributed by atoms with Crippen LogP contribution in [0.1, 0.15) is 54.0 Å². The van der Waals surface area contributed by atoms with Gasteiger partial charge < -0.3 is 19.4 Å². The van der Waals surface area contributed by atoms with Crippen LogP contribution in [-0.4, -0.2) is 30.0 Å². The molecular weight excluding hydrogens is 340 g/mol. The summed E-state index contributed by atoms with van der Waals surface area (Å²) in [5, 5.41) is 3.26. The van der Waals surface area contributed by atoms with Gasteiger partial charge in [-0.2, -0.15) is 0 Å². The van der Waals surface area contributed by atoms with E-state index in [1.54, 1.807) is 6.07 Å². The van der Waals surface area contributed by atoms with Gasteiger partial charge in [-0.25, -0.2) is 4.79 Å². The van der Waals surface area contributed by atoms with E-state index in [4.69, 9.17) is 25.6 Å². The van der Waals surface area contributed by atoms with Crippen molar-refractivity contribution in [3.8, 4) is 0 Å². The molecule has 25 heavy (non-hydrogen) atoms. The Bertz CT molecular complexity index is 639. The molecule has 1 aliphatic heterocycles. The number of carbonyl (C=O) groups is 1. The van der Waals surface area contributed by atoms with Crippen LogP contribution >= 0.6 is 11.6 Å². The van der Waals surface area contributed by atoms with E-state index in [-0.39, 0.29) is 0 Å². The number of nitrogens with one attached hydrogen (secondary N) is 1. The fourth-order valence-corrected chi connectivity index (χ4v) is 2.62. The molecular formula is C18H27BClNO4. The molecule has 1 aromatic rings. The molecule has 1 fully saturated rings. The minimum absolute atomic E-state index is 0.332. The van der Waals surface area contributed by atoms with Gasteiger partial charge in [-0.1, -0.05) is 23.7 Å². The van der Waals surface area contributed by atoms with Crippen molar-refractivity contribution in [2.75, 3.05) is 0 Å². The monoisotopic (exact) mass is 367 g/mol. The van der Waals surface area contributed by atoms with Crippen LogP contribution in [0.15, 0.2) is 18.2 Å². The Hall–Kier alpha value is -1.24. The standard InChI is InChI=1S/C18H27BClNO4/c1-16(2,3)23-15(22)21-11-12-8-9-13(14(20)10-12)19-24-17(4,5)18(6,7)25-19/h8-10H,11H2,1-7H3,(H,21,22). The third-order valence-electron chi connectivity index (χ3n) is 4.41. The lowest BCUT2D eigenvalue weighted by Crippen LogP contribution is -2.41. The summed E-state index contributed by atoms with van der Waals surface area (Å²) in [5.74, 6) is 0. The number of carbonyl (C=O) groups excluding carboxylic acids is 1. The minimum atomic E-state index is -0.525. The lowest BCUT2D eigenvalue weighted by Gasteiger charge is -2.32. The molecule has 1 heterocycles. The SMILES string of the molecule is CC(C)(C)OC(=O)NCc1ccc(B2OC(C)(C)C(C)(C)O2)c(Cl)c1. The van der Waals surface area contributed by atoms with Crippen molar-refractivity contribution in [1.82, 2.24) is 5.32 Å². The van der Waals surface area contributed by atoms with Gasteiger partial charge in [0.05, 0.1) is 11.2 Å². The third-order valence-corrected chi connectivity index (χ3v) is 4.74. The van der Waals surface area contributed by atoms with Crippen LogP contribution in [0.5, 0.6) is 0 Å².